The predicted molar refractivity (Wildman–Crippen MR) is 77.7 cm³/mol. The Morgan fingerprint density at radius 3 is 2.53 bits per heavy atom. The van der Waals surface area contributed by atoms with Gasteiger partial charge in [0.25, 0.3) is 0 Å². The molecule has 2 aromatic rings. The Balaban J connectivity index is 2.01. The number of aliphatic hydroxyl groups excluding tert-OH is 1. The quantitative estimate of drug-likeness (QED) is 0.884. The van der Waals surface area contributed by atoms with E-state index in [2.05, 4.69) is 5.32 Å². The summed E-state index contributed by atoms with van der Waals surface area (Å²) in [6, 6.07) is 9.42. The van der Waals surface area contributed by atoms with Gasteiger partial charge in [-0.25, -0.2) is 0 Å². The number of nitrogens with zero attached hydrogens (tertiary/aromatic N) is 1. The maximum atomic E-state index is 8.92. The lowest BCUT2D eigenvalue weighted by Gasteiger charge is -2.15. The van der Waals surface area contributed by atoms with Gasteiger partial charge >= 0.3 is 0 Å². The number of rotatable bonds is 5. The lowest BCUT2D eigenvalue weighted by molar-refractivity contribution is 0.244. The van der Waals surface area contributed by atoms with E-state index in [0.717, 1.165) is 17.1 Å². The van der Waals surface area contributed by atoms with E-state index in [1.807, 2.05) is 43.3 Å². The van der Waals surface area contributed by atoms with E-state index in [4.69, 9.17) is 21.1 Å². The van der Waals surface area contributed by atoms with Crippen molar-refractivity contribution in [2.45, 2.75) is 13.2 Å². The second-order valence-electron chi connectivity index (χ2n) is 4.44. The lowest BCUT2D eigenvalue weighted by Crippen LogP contribution is -2.09. The van der Waals surface area contributed by atoms with Crippen molar-refractivity contribution in [1.29, 1.82) is 0 Å². The van der Waals surface area contributed by atoms with Gasteiger partial charge < -0.3 is 19.7 Å². The molecule has 1 aromatic heterocycles. The topological polar surface area (TPSA) is 48.6 Å². The van der Waals surface area contributed by atoms with Gasteiger partial charge in [0.1, 0.15) is 18.1 Å². The summed E-state index contributed by atoms with van der Waals surface area (Å²) >= 11 is 6.19. The number of hydrogen-bond donors (Lipinski definition) is 2. The zero-order valence-corrected chi connectivity index (χ0v) is 11.7. The number of furan rings is 1. The number of halogens is 1. The van der Waals surface area contributed by atoms with Gasteiger partial charge in [-0.3, -0.25) is 0 Å². The van der Waals surface area contributed by atoms with E-state index < -0.39 is 0 Å². The van der Waals surface area contributed by atoms with Gasteiger partial charge in [0.15, 0.2) is 0 Å². The Morgan fingerprint density at radius 2 is 1.95 bits per heavy atom. The first-order chi connectivity index (χ1) is 9.10. The Bertz CT molecular complexity index is 552. The number of nitrogens with one attached hydrogen (secondary N) is 1. The molecule has 0 fully saturated rings. The highest BCUT2D eigenvalue weighted by atomic mass is 35.5. The summed E-state index contributed by atoms with van der Waals surface area (Å²) in [7, 11) is 3.90. The second-order valence-corrected chi connectivity index (χ2v) is 4.85. The molecule has 0 amide bonds. The van der Waals surface area contributed by atoms with Crippen LogP contribution < -0.4 is 10.2 Å². The molecule has 2 rings (SSSR count). The first-order valence-corrected chi connectivity index (χ1v) is 6.37. The van der Waals surface area contributed by atoms with E-state index in [1.165, 1.54) is 0 Å². The molecule has 1 aromatic carbocycles. The highest BCUT2D eigenvalue weighted by molar-refractivity contribution is 6.33. The number of anilines is 2. The third kappa shape index (κ3) is 3.43. The molecule has 0 unspecified atom stereocenters. The molecule has 2 N–H and O–H groups in total. The second kappa shape index (κ2) is 5.99. The van der Waals surface area contributed by atoms with Crippen molar-refractivity contribution in [2.75, 3.05) is 24.3 Å². The summed E-state index contributed by atoms with van der Waals surface area (Å²) in [4.78, 5) is 1.96. The molecule has 102 valence electrons. The van der Waals surface area contributed by atoms with Crippen LogP contribution in [0.2, 0.25) is 5.02 Å². The van der Waals surface area contributed by atoms with Crippen molar-refractivity contribution in [3.05, 3.63) is 46.9 Å². The summed E-state index contributed by atoms with van der Waals surface area (Å²) in [5.41, 5.74) is 1.91. The van der Waals surface area contributed by atoms with Crippen molar-refractivity contribution < 1.29 is 9.52 Å². The van der Waals surface area contributed by atoms with E-state index in [0.29, 0.717) is 17.3 Å². The largest absolute Gasteiger partial charge is 0.462 e. The molecule has 0 atom stereocenters. The van der Waals surface area contributed by atoms with Gasteiger partial charge in [-0.2, -0.15) is 0 Å². The normalized spacial score (nSPS) is 10.5. The molecule has 0 saturated heterocycles. The average Bonchev–Trinajstić information content (AvgIpc) is 2.84. The Morgan fingerprint density at radius 1 is 1.21 bits per heavy atom. The van der Waals surface area contributed by atoms with Crippen LogP contribution in [0.4, 0.5) is 11.4 Å². The standard InChI is InChI=1S/C14H17ClN2O2/c1-17(2)14-6-3-10(7-13(14)15)16-8-11-4-5-12(9-18)19-11/h3-7,16,18H,8-9H2,1-2H3. The number of benzene rings is 1. The highest BCUT2D eigenvalue weighted by Gasteiger charge is 2.05. The monoisotopic (exact) mass is 280 g/mol. The lowest BCUT2D eigenvalue weighted by atomic mass is 10.2. The maximum absolute atomic E-state index is 8.92. The van der Waals surface area contributed by atoms with Gasteiger partial charge in [-0.1, -0.05) is 11.6 Å². The van der Waals surface area contributed by atoms with Crippen molar-refractivity contribution >= 4 is 23.0 Å². The molecule has 0 aliphatic carbocycles. The fraction of sp³-hybridized carbons (Fsp3) is 0.286. The molecular weight excluding hydrogens is 264 g/mol. The average molecular weight is 281 g/mol. The predicted octanol–water partition coefficient (Wildman–Crippen LogP) is 3.10. The van der Waals surface area contributed by atoms with Crippen molar-refractivity contribution in [1.82, 2.24) is 0 Å². The van der Waals surface area contributed by atoms with E-state index in [-0.39, 0.29) is 6.61 Å². The van der Waals surface area contributed by atoms with Crippen LogP contribution >= 0.6 is 11.6 Å². The Kier molecular flexibility index (Phi) is 4.35. The fourth-order valence-corrected chi connectivity index (χ4v) is 2.12. The summed E-state index contributed by atoms with van der Waals surface area (Å²) < 4.78 is 5.39. The van der Waals surface area contributed by atoms with Crippen LogP contribution in [-0.4, -0.2) is 19.2 Å². The van der Waals surface area contributed by atoms with Gasteiger partial charge in [-0.05, 0) is 30.3 Å². The van der Waals surface area contributed by atoms with Crippen LogP contribution in [-0.2, 0) is 13.2 Å². The summed E-state index contributed by atoms with van der Waals surface area (Å²) in [5, 5.41) is 12.8. The molecule has 0 saturated carbocycles. The molecule has 4 nitrogen and oxygen atoms in total. The molecule has 0 aliphatic heterocycles. The van der Waals surface area contributed by atoms with Gasteiger partial charge in [0.2, 0.25) is 0 Å². The van der Waals surface area contributed by atoms with Gasteiger partial charge in [-0.15, -0.1) is 0 Å². The smallest absolute Gasteiger partial charge is 0.129 e. The van der Waals surface area contributed by atoms with Crippen molar-refractivity contribution in [2.24, 2.45) is 0 Å². The number of hydrogen-bond acceptors (Lipinski definition) is 4. The minimum absolute atomic E-state index is 0.0800. The zero-order chi connectivity index (χ0) is 13.8. The SMILES string of the molecule is CN(C)c1ccc(NCc2ccc(CO)o2)cc1Cl. The first-order valence-electron chi connectivity index (χ1n) is 5.99. The summed E-state index contributed by atoms with van der Waals surface area (Å²) in [6.07, 6.45) is 0. The molecule has 0 radical (unpaired) electrons. The zero-order valence-electron chi connectivity index (χ0n) is 11.0. The highest BCUT2D eigenvalue weighted by Crippen LogP contribution is 2.27. The third-order valence-electron chi connectivity index (χ3n) is 2.77. The number of aliphatic hydroxyl groups is 1. The van der Waals surface area contributed by atoms with Crippen molar-refractivity contribution in [3.8, 4) is 0 Å². The van der Waals surface area contributed by atoms with Gasteiger partial charge in [0, 0.05) is 19.8 Å². The molecular formula is C14H17ClN2O2. The molecule has 19 heavy (non-hydrogen) atoms. The van der Waals surface area contributed by atoms with E-state index in [1.54, 1.807) is 6.07 Å². The molecule has 5 heteroatoms. The van der Waals surface area contributed by atoms with Crippen LogP contribution in [0.5, 0.6) is 0 Å². The molecule has 1 heterocycles. The van der Waals surface area contributed by atoms with Crippen LogP contribution in [0, 0.1) is 0 Å². The Labute approximate surface area is 117 Å². The fourth-order valence-electron chi connectivity index (χ4n) is 1.77. The Hall–Kier alpha value is -1.65. The molecule has 0 bridgehead atoms. The summed E-state index contributed by atoms with van der Waals surface area (Å²) in [6.45, 7) is 0.473. The van der Waals surface area contributed by atoms with Crippen molar-refractivity contribution in [3.63, 3.8) is 0 Å². The van der Waals surface area contributed by atoms with E-state index >= 15 is 0 Å². The minimum atomic E-state index is -0.0800. The molecule has 0 spiro atoms. The first kappa shape index (κ1) is 13.8. The molecule has 0 aliphatic rings. The van der Waals surface area contributed by atoms with Gasteiger partial charge in [0.05, 0.1) is 17.3 Å². The minimum Gasteiger partial charge on any atom is -0.462 e. The van der Waals surface area contributed by atoms with E-state index in [9.17, 15) is 0 Å². The third-order valence-corrected chi connectivity index (χ3v) is 3.07. The van der Waals surface area contributed by atoms with Crippen LogP contribution in [0.1, 0.15) is 11.5 Å². The van der Waals surface area contributed by atoms with Crippen LogP contribution in [0.3, 0.4) is 0 Å². The summed E-state index contributed by atoms with van der Waals surface area (Å²) in [5.74, 6) is 1.34. The van der Waals surface area contributed by atoms with Crippen LogP contribution in [0.15, 0.2) is 34.7 Å². The maximum Gasteiger partial charge on any atom is 0.129 e. The van der Waals surface area contributed by atoms with Crippen LogP contribution in [0.25, 0.3) is 0 Å².